The second-order valence-corrected chi connectivity index (χ2v) is 9.32. The fourth-order valence-corrected chi connectivity index (χ4v) is 4.39. The average Bonchev–Trinajstić information content (AvgIpc) is 2.60. The summed E-state index contributed by atoms with van der Waals surface area (Å²) in [5.74, 6) is -0.341. The lowest BCUT2D eigenvalue weighted by Crippen LogP contribution is -2.48. The van der Waals surface area contributed by atoms with E-state index in [1.54, 1.807) is 25.1 Å². The molecule has 7 heteroatoms. The summed E-state index contributed by atoms with van der Waals surface area (Å²) in [4.78, 5) is 12.6. The van der Waals surface area contributed by atoms with Gasteiger partial charge in [0.05, 0.1) is 11.9 Å². The smallest absolute Gasteiger partial charge is 0.243 e. The summed E-state index contributed by atoms with van der Waals surface area (Å²) < 4.78 is 25.8. The van der Waals surface area contributed by atoms with Gasteiger partial charge in [0.25, 0.3) is 0 Å². The van der Waals surface area contributed by atoms with Crippen LogP contribution in [0.15, 0.2) is 42.5 Å². The Hall–Kier alpha value is -2.05. The summed E-state index contributed by atoms with van der Waals surface area (Å²) in [5, 5.41) is 3.29. The molecule has 5 nitrogen and oxygen atoms in total. The third-order valence-corrected chi connectivity index (χ3v) is 6.17. The average molecular weight is 423 g/mol. The van der Waals surface area contributed by atoms with Crippen molar-refractivity contribution in [2.75, 3.05) is 17.1 Å². The van der Waals surface area contributed by atoms with Gasteiger partial charge in [-0.2, -0.15) is 0 Å². The van der Waals surface area contributed by atoms with E-state index in [9.17, 15) is 13.2 Å². The van der Waals surface area contributed by atoms with Crippen LogP contribution in [0.2, 0.25) is 5.02 Å². The minimum atomic E-state index is -3.66. The lowest BCUT2D eigenvalue weighted by Gasteiger charge is -2.28. The third kappa shape index (κ3) is 5.97. The van der Waals surface area contributed by atoms with Gasteiger partial charge in [-0.1, -0.05) is 47.5 Å². The van der Waals surface area contributed by atoms with Crippen LogP contribution in [0.1, 0.15) is 30.0 Å². The zero-order valence-electron chi connectivity index (χ0n) is 16.7. The molecule has 2 aromatic rings. The Balaban J connectivity index is 2.02. The van der Waals surface area contributed by atoms with Gasteiger partial charge in [0.2, 0.25) is 15.9 Å². The largest absolute Gasteiger partial charge is 0.354 e. The second kappa shape index (κ2) is 9.43. The number of aryl methyl sites for hydroxylation is 3. The molecule has 0 aliphatic carbocycles. The van der Waals surface area contributed by atoms with Gasteiger partial charge < -0.3 is 5.32 Å². The van der Waals surface area contributed by atoms with Crippen LogP contribution in [-0.4, -0.2) is 33.2 Å². The molecule has 152 valence electrons. The Morgan fingerprint density at radius 1 is 1.18 bits per heavy atom. The van der Waals surface area contributed by atoms with Crippen LogP contribution in [0.25, 0.3) is 0 Å². The number of carbonyl (C=O) groups is 1. The first-order valence-electron chi connectivity index (χ1n) is 9.18. The van der Waals surface area contributed by atoms with Gasteiger partial charge in [-0.25, -0.2) is 8.42 Å². The minimum absolute atomic E-state index is 0.341. The van der Waals surface area contributed by atoms with E-state index < -0.39 is 16.1 Å². The SMILES string of the molecule is Cc1cccc(CCCNC(=O)[C@H](C)N(c2ccc(C)c(Cl)c2)S(C)(=O)=O)c1. The zero-order chi connectivity index (χ0) is 20.9. The fraction of sp³-hybridized carbons (Fsp3) is 0.381. The molecule has 2 rings (SSSR count). The van der Waals surface area contributed by atoms with E-state index in [0.29, 0.717) is 17.3 Å². The molecule has 0 spiro atoms. The summed E-state index contributed by atoms with van der Waals surface area (Å²) in [7, 11) is -3.66. The molecule has 0 saturated heterocycles. The summed E-state index contributed by atoms with van der Waals surface area (Å²) in [6, 6.07) is 12.3. The Morgan fingerprint density at radius 2 is 1.89 bits per heavy atom. The Kier molecular flexibility index (Phi) is 7.49. The zero-order valence-corrected chi connectivity index (χ0v) is 18.3. The number of carbonyl (C=O) groups excluding carboxylic acids is 1. The quantitative estimate of drug-likeness (QED) is 0.657. The molecule has 1 atom stereocenters. The minimum Gasteiger partial charge on any atom is -0.354 e. The molecule has 1 N–H and O–H groups in total. The van der Waals surface area contributed by atoms with Crippen LogP contribution in [0.4, 0.5) is 5.69 Å². The third-order valence-electron chi connectivity index (χ3n) is 4.52. The monoisotopic (exact) mass is 422 g/mol. The normalized spacial score (nSPS) is 12.5. The van der Waals surface area contributed by atoms with Crippen molar-refractivity contribution in [3.8, 4) is 0 Å². The fourth-order valence-electron chi connectivity index (χ4n) is 3.05. The molecule has 1 amide bonds. The van der Waals surface area contributed by atoms with Crippen molar-refractivity contribution in [2.24, 2.45) is 0 Å². The van der Waals surface area contributed by atoms with E-state index in [2.05, 4.69) is 17.4 Å². The lowest BCUT2D eigenvalue weighted by molar-refractivity contribution is -0.121. The van der Waals surface area contributed by atoms with Crippen LogP contribution in [-0.2, 0) is 21.2 Å². The van der Waals surface area contributed by atoms with Gasteiger partial charge in [-0.05, 0) is 56.9 Å². The highest BCUT2D eigenvalue weighted by atomic mass is 35.5. The van der Waals surface area contributed by atoms with Gasteiger partial charge in [0, 0.05) is 11.6 Å². The number of halogens is 1. The highest BCUT2D eigenvalue weighted by Gasteiger charge is 2.29. The standard InChI is InChI=1S/C21H27ClN2O3S/c1-15-7-5-8-18(13-15)9-6-12-23-21(25)17(3)24(28(4,26)27)19-11-10-16(2)20(22)14-19/h5,7-8,10-11,13-14,17H,6,9,12H2,1-4H3,(H,23,25)/t17-/m0/s1. The van der Waals surface area contributed by atoms with Gasteiger partial charge in [-0.15, -0.1) is 0 Å². The lowest BCUT2D eigenvalue weighted by atomic mass is 10.1. The molecule has 0 unspecified atom stereocenters. The molecule has 0 heterocycles. The summed E-state index contributed by atoms with van der Waals surface area (Å²) in [6.45, 7) is 5.93. The van der Waals surface area contributed by atoms with Crippen molar-refractivity contribution in [3.63, 3.8) is 0 Å². The molecule has 0 aromatic heterocycles. The number of anilines is 1. The predicted octanol–water partition coefficient (Wildman–Crippen LogP) is 3.86. The molecule has 0 bridgehead atoms. The maximum Gasteiger partial charge on any atom is 0.243 e. The highest BCUT2D eigenvalue weighted by Crippen LogP contribution is 2.26. The summed E-state index contributed by atoms with van der Waals surface area (Å²) in [6.07, 6.45) is 2.71. The van der Waals surface area contributed by atoms with Gasteiger partial charge in [0.1, 0.15) is 6.04 Å². The first-order valence-corrected chi connectivity index (χ1v) is 11.4. The van der Waals surface area contributed by atoms with E-state index in [1.807, 2.05) is 26.0 Å². The molecule has 0 radical (unpaired) electrons. The number of hydrogen-bond donors (Lipinski definition) is 1. The molecule has 0 aliphatic rings. The van der Waals surface area contributed by atoms with E-state index in [1.165, 1.54) is 11.1 Å². The van der Waals surface area contributed by atoms with Crippen molar-refractivity contribution in [3.05, 3.63) is 64.2 Å². The number of benzene rings is 2. The molecular weight excluding hydrogens is 396 g/mol. The van der Waals surface area contributed by atoms with Gasteiger partial charge >= 0.3 is 0 Å². The predicted molar refractivity (Wildman–Crippen MR) is 115 cm³/mol. The summed E-state index contributed by atoms with van der Waals surface area (Å²) >= 11 is 6.14. The molecule has 0 aliphatic heterocycles. The molecular formula is C21H27ClN2O3S. The first kappa shape index (κ1) is 22.2. The van der Waals surface area contributed by atoms with Crippen molar-refractivity contribution in [1.29, 1.82) is 0 Å². The van der Waals surface area contributed by atoms with Crippen LogP contribution in [0.5, 0.6) is 0 Å². The van der Waals surface area contributed by atoms with E-state index in [0.717, 1.165) is 29.0 Å². The van der Waals surface area contributed by atoms with Crippen LogP contribution < -0.4 is 9.62 Å². The number of nitrogens with zero attached hydrogens (tertiary/aromatic N) is 1. The maximum atomic E-state index is 12.6. The molecule has 0 fully saturated rings. The van der Waals surface area contributed by atoms with Crippen LogP contribution in [0, 0.1) is 13.8 Å². The van der Waals surface area contributed by atoms with Crippen LogP contribution in [0.3, 0.4) is 0 Å². The van der Waals surface area contributed by atoms with Crippen molar-refractivity contribution in [2.45, 2.75) is 39.7 Å². The molecule has 28 heavy (non-hydrogen) atoms. The number of rotatable bonds is 8. The van der Waals surface area contributed by atoms with Crippen molar-refractivity contribution in [1.82, 2.24) is 5.32 Å². The topological polar surface area (TPSA) is 66.5 Å². The Bertz CT molecular complexity index is 944. The Morgan fingerprint density at radius 3 is 2.50 bits per heavy atom. The number of hydrogen-bond acceptors (Lipinski definition) is 3. The number of amides is 1. The van der Waals surface area contributed by atoms with Gasteiger partial charge in [-0.3, -0.25) is 9.10 Å². The van der Waals surface area contributed by atoms with Crippen molar-refractivity contribution < 1.29 is 13.2 Å². The van der Waals surface area contributed by atoms with Crippen LogP contribution >= 0.6 is 11.6 Å². The molecule has 0 saturated carbocycles. The van der Waals surface area contributed by atoms with Crippen molar-refractivity contribution >= 4 is 33.2 Å². The summed E-state index contributed by atoms with van der Waals surface area (Å²) in [5.41, 5.74) is 3.64. The van der Waals surface area contributed by atoms with Gasteiger partial charge in [0.15, 0.2) is 0 Å². The Labute approximate surface area is 172 Å². The first-order chi connectivity index (χ1) is 13.1. The molecule has 2 aromatic carbocycles. The maximum absolute atomic E-state index is 12.6. The van der Waals surface area contributed by atoms with E-state index in [-0.39, 0.29) is 5.91 Å². The second-order valence-electron chi connectivity index (χ2n) is 7.05. The van der Waals surface area contributed by atoms with E-state index in [4.69, 9.17) is 11.6 Å². The van der Waals surface area contributed by atoms with E-state index >= 15 is 0 Å². The number of sulfonamides is 1. The number of nitrogens with one attached hydrogen (secondary N) is 1. The highest BCUT2D eigenvalue weighted by molar-refractivity contribution is 7.92.